The number of amides is 2. The predicted molar refractivity (Wildman–Crippen MR) is 72.6 cm³/mol. The summed E-state index contributed by atoms with van der Waals surface area (Å²) in [5.74, 6) is -1.57. The fraction of sp³-hybridized carbons (Fsp3) is 0.846. The number of hydrogen-bond donors (Lipinski definition) is 1. The van der Waals surface area contributed by atoms with E-state index in [1.54, 1.807) is 16.8 Å². The molecule has 1 heterocycles. The predicted octanol–water partition coefficient (Wildman–Crippen LogP) is 0.496. The molecule has 0 saturated carbocycles. The first-order valence-electron chi connectivity index (χ1n) is 6.92. The average Bonchev–Trinajstić information content (AvgIpc) is 2.89. The van der Waals surface area contributed by atoms with Crippen LogP contribution in [0.3, 0.4) is 0 Å². The van der Waals surface area contributed by atoms with Gasteiger partial charge in [-0.2, -0.15) is 0 Å². The largest absolute Gasteiger partial charge is 0.481 e. The third-order valence-electron chi connectivity index (χ3n) is 3.46. The molecule has 0 aliphatic carbocycles. The van der Waals surface area contributed by atoms with E-state index >= 15 is 0 Å². The molecule has 2 unspecified atom stereocenters. The molecule has 2 amide bonds. The van der Waals surface area contributed by atoms with Crippen LogP contribution in [0, 0.1) is 5.92 Å². The van der Waals surface area contributed by atoms with Crippen molar-refractivity contribution < 1.29 is 24.2 Å². The molecule has 1 aliphatic heterocycles. The number of hydrogen-bond acceptors (Lipinski definition) is 4. The Morgan fingerprint density at radius 3 is 2.60 bits per heavy atom. The van der Waals surface area contributed by atoms with Crippen LogP contribution in [0.2, 0.25) is 0 Å². The van der Waals surface area contributed by atoms with E-state index in [2.05, 4.69) is 0 Å². The molecule has 1 N–H and O–H groups in total. The van der Waals surface area contributed by atoms with E-state index in [9.17, 15) is 14.7 Å². The van der Waals surface area contributed by atoms with Crippen LogP contribution in [0.15, 0.2) is 0 Å². The molecule has 20 heavy (non-hydrogen) atoms. The van der Waals surface area contributed by atoms with E-state index in [1.807, 2.05) is 13.8 Å². The lowest BCUT2D eigenvalue weighted by molar-refractivity contribution is -0.142. The molecule has 1 aliphatic rings. The first-order chi connectivity index (χ1) is 9.52. The molecule has 7 heteroatoms. The molecule has 1 fully saturated rings. The quantitative estimate of drug-likeness (QED) is 0.690. The summed E-state index contributed by atoms with van der Waals surface area (Å²) in [5.41, 5.74) is 0. The highest BCUT2D eigenvalue weighted by Gasteiger charge is 2.40. The number of carboxylic acids is 1. The monoisotopic (exact) mass is 288 g/mol. The van der Waals surface area contributed by atoms with Crippen LogP contribution in [0.4, 0.5) is 4.79 Å². The summed E-state index contributed by atoms with van der Waals surface area (Å²) in [6.07, 6.45) is 0. The highest BCUT2D eigenvalue weighted by Crippen LogP contribution is 2.21. The van der Waals surface area contributed by atoms with Crippen LogP contribution >= 0.6 is 0 Å². The van der Waals surface area contributed by atoms with Crippen LogP contribution in [-0.2, 0) is 14.3 Å². The van der Waals surface area contributed by atoms with Crippen LogP contribution in [-0.4, -0.2) is 79.5 Å². The van der Waals surface area contributed by atoms with Gasteiger partial charge < -0.3 is 24.4 Å². The summed E-state index contributed by atoms with van der Waals surface area (Å²) < 4.78 is 10.4. The van der Waals surface area contributed by atoms with Gasteiger partial charge in [0.05, 0.1) is 25.9 Å². The topological polar surface area (TPSA) is 79.3 Å². The summed E-state index contributed by atoms with van der Waals surface area (Å²) in [6, 6.07) is -0.589. The molecule has 1 rings (SSSR count). The van der Waals surface area contributed by atoms with Crippen molar-refractivity contribution in [2.24, 2.45) is 5.92 Å². The number of aliphatic carboxylic acids is 1. The van der Waals surface area contributed by atoms with Crippen LogP contribution in [0.5, 0.6) is 0 Å². The second-order valence-corrected chi connectivity index (χ2v) is 4.74. The molecular weight excluding hydrogens is 264 g/mol. The summed E-state index contributed by atoms with van der Waals surface area (Å²) in [4.78, 5) is 26.7. The number of carbonyl (C=O) groups excluding carboxylic acids is 1. The zero-order valence-corrected chi connectivity index (χ0v) is 12.4. The third kappa shape index (κ3) is 4.08. The molecule has 0 spiro atoms. The maximum absolute atomic E-state index is 12.4. The molecule has 1 saturated heterocycles. The summed E-state index contributed by atoms with van der Waals surface area (Å²) in [5, 5.41) is 9.17. The number of urea groups is 1. The van der Waals surface area contributed by atoms with Crippen molar-refractivity contribution in [1.29, 1.82) is 0 Å². The number of nitrogens with zero attached hydrogens (tertiary/aromatic N) is 2. The third-order valence-corrected chi connectivity index (χ3v) is 3.46. The van der Waals surface area contributed by atoms with Gasteiger partial charge in [0.15, 0.2) is 0 Å². The Morgan fingerprint density at radius 1 is 1.35 bits per heavy atom. The number of carbonyl (C=O) groups is 2. The Balaban J connectivity index is 2.64. The van der Waals surface area contributed by atoms with Crippen molar-refractivity contribution in [3.05, 3.63) is 0 Å². The summed E-state index contributed by atoms with van der Waals surface area (Å²) in [7, 11) is 1.69. The van der Waals surface area contributed by atoms with Gasteiger partial charge in [-0.1, -0.05) is 0 Å². The van der Waals surface area contributed by atoms with Gasteiger partial charge in [-0.25, -0.2) is 4.79 Å². The van der Waals surface area contributed by atoms with Gasteiger partial charge in [0.1, 0.15) is 5.92 Å². The first kappa shape index (κ1) is 16.7. The number of rotatable bonds is 7. The van der Waals surface area contributed by atoms with Crippen molar-refractivity contribution in [2.75, 3.05) is 46.6 Å². The maximum atomic E-state index is 12.4. The van der Waals surface area contributed by atoms with Crippen molar-refractivity contribution in [2.45, 2.75) is 19.9 Å². The van der Waals surface area contributed by atoms with E-state index in [-0.39, 0.29) is 19.2 Å². The SMILES string of the molecule is CCOCCN(C)C(=O)N(CC)C1COCC1C(=O)O. The van der Waals surface area contributed by atoms with Gasteiger partial charge in [0, 0.05) is 26.7 Å². The second kappa shape index (κ2) is 8.06. The van der Waals surface area contributed by atoms with Crippen molar-refractivity contribution >= 4 is 12.0 Å². The normalized spacial score (nSPS) is 21.8. The minimum Gasteiger partial charge on any atom is -0.481 e. The minimum absolute atomic E-state index is 0.159. The molecule has 0 bridgehead atoms. The van der Waals surface area contributed by atoms with E-state index < -0.39 is 17.9 Å². The lowest BCUT2D eigenvalue weighted by Crippen LogP contribution is -2.51. The van der Waals surface area contributed by atoms with Crippen molar-refractivity contribution in [1.82, 2.24) is 9.80 Å². The van der Waals surface area contributed by atoms with Crippen molar-refractivity contribution in [3.63, 3.8) is 0 Å². The molecule has 0 aromatic heterocycles. The van der Waals surface area contributed by atoms with E-state index in [0.29, 0.717) is 26.3 Å². The summed E-state index contributed by atoms with van der Waals surface area (Å²) >= 11 is 0. The molecule has 2 atom stereocenters. The van der Waals surface area contributed by atoms with Gasteiger partial charge in [-0.15, -0.1) is 0 Å². The highest BCUT2D eigenvalue weighted by molar-refractivity contribution is 5.77. The van der Waals surface area contributed by atoms with Gasteiger partial charge in [-0.3, -0.25) is 4.79 Å². The van der Waals surface area contributed by atoms with E-state index in [1.165, 1.54) is 0 Å². The minimum atomic E-state index is -0.921. The second-order valence-electron chi connectivity index (χ2n) is 4.74. The lowest BCUT2D eigenvalue weighted by atomic mass is 10.0. The van der Waals surface area contributed by atoms with Gasteiger partial charge >= 0.3 is 12.0 Å². The van der Waals surface area contributed by atoms with Crippen LogP contribution in [0.25, 0.3) is 0 Å². The Labute approximate surface area is 119 Å². The molecule has 0 aromatic carbocycles. The number of ether oxygens (including phenoxy) is 2. The zero-order valence-electron chi connectivity index (χ0n) is 12.4. The van der Waals surface area contributed by atoms with E-state index in [0.717, 1.165) is 0 Å². The smallest absolute Gasteiger partial charge is 0.320 e. The van der Waals surface area contributed by atoms with Gasteiger partial charge in [0.2, 0.25) is 0 Å². The lowest BCUT2D eigenvalue weighted by Gasteiger charge is -2.33. The molecular formula is C13H24N2O5. The van der Waals surface area contributed by atoms with Crippen LogP contribution in [0.1, 0.15) is 13.8 Å². The first-order valence-corrected chi connectivity index (χ1v) is 6.92. The van der Waals surface area contributed by atoms with Crippen LogP contribution < -0.4 is 0 Å². The van der Waals surface area contributed by atoms with Gasteiger partial charge in [-0.05, 0) is 13.8 Å². The Bertz CT molecular complexity index is 337. The van der Waals surface area contributed by atoms with Crippen molar-refractivity contribution in [3.8, 4) is 0 Å². The standard InChI is InChI=1S/C13H24N2O5/c1-4-15(11-9-20-8-10(11)12(16)17)13(18)14(3)6-7-19-5-2/h10-11H,4-9H2,1-3H3,(H,16,17). The van der Waals surface area contributed by atoms with E-state index in [4.69, 9.17) is 9.47 Å². The number of carboxylic acid groups (broad SMARTS) is 1. The maximum Gasteiger partial charge on any atom is 0.320 e. The average molecular weight is 288 g/mol. The summed E-state index contributed by atoms with van der Waals surface area (Å²) in [6.45, 7) is 6.18. The molecule has 7 nitrogen and oxygen atoms in total. The number of likely N-dealkylation sites (N-methyl/N-ethyl adjacent to an activating group) is 2. The highest BCUT2D eigenvalue weighted by atomic mass is 16.5. The Morgan fingerprint density at radius 2 is 2.05 bits per heavy atom. The Kier molecular flexibility index (Phi) is 6.74. The molecule has 0 radical (unpaired) electrons. The van der Waals surface area contributed by atoms with Gasteiger partial charge in [0.25, 0.3) is 0 Å². The fourth-order valence-corrected chi connectivity index (χ4v) is 2.26. The fourth-order valence-electron chi connectivity index (χ4n) is 2.26. The Hall–Kier alpha value is -1.34. The molecule has 116 valence electrons. The zero-order chi connectivity index (χ0) is 15.1. The molecule has 0 aromatic rings.